The zero-order valence-corrected chi connectivity index (χ0v) is 12.6. The van der Waals surface area contributed by atoms with Crippen molar-refractivity contribution in [2.24, 2.45) is 5.73 Å². The molecule has 3 heteroatoms. The SMILES string of the molecule is CC1(C)CN(Cc2ccc(C#CCN)cc2)CCS1. The van der Waals surface area contributed by atoms with Crippen LogP contribution in [0, 0.1) is 11.8 Å². The molecule has 1 aromatic carbocycles. The second kappa shape index (κ2) is 6.47. The van der Waals surface area contributed by atoms with Gasteiger partial charge in [-0.3, -0.25) is 4.90 Å². The lowest BCUT2D eigenvalue weighted by atomic mass is 10.1. The van der Waals surface area contributed by atoms with Gasteiger partial charge in [0.15, 0.2) is 0 Å². The maximum atomic E-state index is 5.37. The Morgan fingerprint density at radius 3 is 2.68 bits per heavy atom. The fourth-order valence-electron chi connectivity index (χ4n) is 2.35. The van der Waals surface area contributed by atoms with Crippen LogP contribution in [0.2, 0.25) is 0 Å². The van der Waals surface area contributed by atoms with Crippen molar-refractivity contribution < 1.29 is 0 Å². The van der Waals surface area contributed by atoms with Crippen LogP contribution < -0.4 is 5.73 Å². The summed E-state index contributed by atoms with van der Waals surface area (Å²) >= 11 is 2.07. The Morgan fingerprint density at radius 1 is 1.32 bits per heavy atom. The summed E-state index contributed by atoms with van der Waals surface area (Å²) in [6, 6.07) is 8.52. The summed E-state index contributed by atoms with van der Waals surface area (Å²) in [4.78, 5) is 2.54. The molecule has 2 nitrogen and oxygen atoms in total. The standard InChI is InChI=1S/C16H22N2S/c1-16(2)13-18(10-11-19-16)12-15-7-5-14(6-8-15)4-3-9-17/h5-8H,9-13,17H2,1-2H3. The summed E-state index contributed by atoms with van der Waals surface area (Å²) in [5.41, 5.74) is 7.78. The molecule has 2 rings (SSSR count). The molecule has 0 aromatic heterocycles. The smallest absolute Gasteiger partial charge is 0.0555 e. The van der Waals surface area contributed by atoms with Crippen LogP contribution in [0.15, 0.2) is 24.3 Å². The van der Waals surface area contributed by atoms with Gasteiger partial charge in [-0.1, -0.05) is 24.0 Å². The number of thioether (sulfide) groups is 1. The van der Waals surface area contributed by atoms with E-state index in [2.05, 4.69) is 66.6 Å². The first-order valence-electron chi connectivity index (χ1n) is 6.73. The lowest BCUT2D eigenvalue weighted by Crippen LogP contribution is -2.42. The largest absolute Gasteiger partial charge is 0.320 e. The molecule has 0 spiro atoms. The lowest BCUT2D eigenvalue weighted by Gasteiger charge is -2.37. The molecule has 0 amide bonds. The third kappa shape index (κ3) is 4.58. The minimum absolute atomic E-state index is 0.380. The lowest BCUT2D eigenvalue weighted by molar-refractivity contribution is 0.252. The molecule has 19 heavy (non-hydrogen) atoms. The van der Waals surface area contributed by atoms with Gasteiger partial charge < -0.3 is 5.73 Å². The molecule has 1 aliphatic heterocycles. The van der Waals surface area contributed by atoms with Crippen LogP contribution in [0.4, 0.5) is 0 Å². The quantitative estimate of drug-likeness (QED) is 0.839. The van der Waals surface area contributed by atoms with Gasteiger partial charge in [0.05, 0.1) is 6.54 Å². The third-order valence-corrected chi connectivity index (χ3v) is 4.50. The Balaban J connectivity index is 1.96. The summed E-state index contributed by atoms with van der Waals surface area (Å²) in [6.07, 6.45) is 0. The molecule has 1 heterocycles. The van der Waals surface area contributed by atoms with E-state index in [1.165, 1.54) is 17.9 Å². The van der Waals surface area contributed by atoms with E-state index in [0.29, 0.717) is 11.3 Å². The van der Waals surface area contributed by atoms with Gasteiger partial charge in [0.2, 0.25) is 0 Å². The average Bonchev–Trinajstić information content (AvgIpc) is 2.37. The Morgan fingerprint density at radius 2 is 2.05 bits per heavy atom. The van der Waals surface area contributed by atoms with Crippen LogP contribution in [0.1, 0.15) is 25.0 Å². The van der Waals surface area contributed by atoms with E-state index in [1.807, 2.05) is 0 Å². The second-order valence-electron chi connectivity index (χ2n) is 5.52. The fourth-order valence-corrected chi connectivity index (χ4v) is 3.53. The van der Waals surface area contributed by atoms with Crippen LogP contribution >= 0.6 is 11.8 Å². The van der Waals surface area contributed by atoms with Gasteiger partial charge in [0, 0.05) is 35.7 Å². The van der Waals surface area contributed by atoms with E-state index in [1.54, 1.807) is 0 Å². The maximum Gasteiger partial charge on any atom is 0.0555 e. The Kier molecular flexibility index (Phi) is 4.93. The minimum atomic E-state index is 0.380. The molecular formula is C16H22N2S. The van der Waals surface area contributed by atoms with E-state index < -0.39 is 0 Å². The Labute approximate surface area is 120 Å². The first-order valence-corrected chi connectivity index (χ1v) is 7.72. The van der Waals surface area contributed by atoms with Crippen molar-refractivity contribution >= 4 is 11.8 Å². The fraction of sp³-hybridized carbons (Fsp3) is 0.500. The van der Waals surface area contributed by atoms with Crippen molar-refractivity contribution in [3.63, 3.8) is 0 Å². The second-order valence-corrected chi connectivity index (χ2v) is 7.32. The average molecular weight is 274 g/mol. The first kappa shape index (κ1) is 14.5. The molecule has 102 valence electrons. The van der Waals surface area contributed by atoms with E-state index >= 15 is 0 Å². The highest BCUT2D eigenvalue weighted by Gasteiger charge is 2.26. The molecule has 1 saturated heterocycles. The summed E-state index contributed by atoms with van der Waals surface area (Å²) < 4.78 is 0.380. The van der Waals surface area contributed by atoms with Crippen molar-refractivity contribution in [2.75, 3.05) is 25.4 Å². The minimum Gasteiger partial charge on any atom is -0.320 e. The van der Waals surface area contributed by atoms with Crippen LogP contribution in [-0.4, -0.2) is 35.0 Å². The Bertz CT molecular complexity index is 468. The van der Waals surface area contributed by atoms with Gasteiger partial charge >= 0.3 is 0 Å². The summed E-state index contributed by atoms with van der Waals surface area (Å²) in [5.74, 6) is 7.17. The number of rotatable bonds is 2. The van der Waals surface area contributed by atoms with Gasteiger partial charge in [-0.05, 0) is 31.5 Å². The number of hydrogen-bond acceptors (Lipinski definition) is 3. The van der Waals surface area contributed by atoms with Gasteiger partial charge in [-0.25, -0.2) is 0 Å². The number of nitrogens with zero attached hydrogens (tertiary/aromatic N) is 1. The zero-order valence-electron chi connectivity index (χ0n) is 11.8. The van der Waals surface area contributed by atoms with Crippen LogP contribution in [0.3, 0.4) is 0 Å². The predicted molar refractivity (Wildman–Crippen MR) is 84.2 cm³/mol. The molecule has 0 bridgehead atoms. The molecule has 0 radical (unpaired) electrons. The van der Waals surface area contributed by atoms with E-state index in [4.69, 9.17) is 5.73 Å². The topological polar surface area (TPSA) is 29.3 Å². The molecular weight excluding hydrogens is 252 g/mol. The summed E-state index contributed by atoms with van der Waals surface area (Å²) in [7, 11) is 0. The highest BCUT2D eigenvalue weighted by atomic mass is 32.2. The van der Waals surface area contributed by atoms with E-state index in [-0.39, 0.29) is 0 Å². The van der Waals surface area contributed by atoms with Crippen molar-refractivity contribution in [2.45, 2.75) is 25.1 Å². The highest BCUT2D eigenvalue weighted by Crippen LogP contribution is 2.30. The zero-order chi connectivity index (χ0) is 13.7. The first-order chi connectivity index (χ1) is 9.09. The Hall–Kier alpha value is -0.950. The van der Waals surface area contributed by atoms with Crippen molar-refractivity contribution in [1.29, 1.82) is 0 Å². The number of hydrogen-bond donors (Lipinski definition) is 1. The third-order valence-electron chi connectivity index (χ3n) is 3.20. The van der Waals surface area contributed by atoms with Crippen LogP contribution in [0.25, 0.3) is 0 Å². The normalized spacial score (nSPS) is 18.7. The van der Waals surface area contributed by atoms with Crippen LogP contribution in [0.5, 0.6) is 0 Å². The van der Waals surface area contributed by atoms with Gasteiger partial charge in [-0.2, -0.15) is 11.8 Å². The number of benzene rings is 1. The molecule has 0 atom stereocenters. The van der Waals surface area contributed by atoms with E-state index in [9.17, 15) is 0 Å². The number of nitrogens with two attached hydrogens (primary N) is 1. The van der Waals surface area contributed by atoms with Gasteiger partial charge in [0.25, 0.3) is 0 Å². The predicted octanol–water partition coefficient (Wildman–Crippen LogP) is 2.32. The summed E-state index contributed by atoms with van der Waals surface area (Å²) in [6.45, 7) is 8.46. The molecule has 1 aliphatic rings. The molecule has 0 saturated carbocycles. The van der Waals surface area contributed by atoms with Crippen LogP contribution in [-0.2, 0) is 6.54 Å². The van der Waals surface area contributed by atoms with Crippen molar-refractivity contribution in [1.82, 2.24) is 4.90 Å². The molecule has 2 N–H and O–H groups in total. The van der Waals surface area contributed by atoms with Gasteiger partial charge in [-0.15, -0.1) is 0 Å². The molecule has 0 unspecified atom stereocenters. The molecule has 1 aromatic rings. The van der Waals surface area contributed by atoms with Crippen molar-refractivity contribution in [3.8, 4) is 11.8 Å². The van der Waals surface area contributed by atoms with Crippen molar-refractivity contribution in [3.05, 3.63) is 35.4 Å². The van der Waals surface area contributed by atoms with Gasteiger partial charge in [0.1, 0.15) is 0 Å². The molecule has 1 fully saturated rings. The highest BCUT2D eigenvalue weighted by molar-refractivity contribution is 8.00. The molecule has 0 aliphatic carbocycles. The maximum absolute atomic E-state index is 5.37. The summed E-state index contributed by atoms with van der Waals surface area (Å²) in [5, 5.41) is 0. The monoisotopic (exact) mass is 274 g/mol. The van der Waals surface area contributed by atoms with E-state index in [0.717, 1.165) is 18.7 Å².